The number of anilines is 1. The first-order valence-electron chi connectivity index (χ1n) is 11.0. The number of alkyl halides is 2. The minimum atomic E-state index is -2.90. The molecule has 9 heteroatoms. The summed E-state index contributed by atoms with van der Waals surface area (Å²) in [7, 11) is 0. The van der Waals surface area contributed by atoms with Crippen LogP contribution in [0, 0.1) is 18.7 Å². The Bertz CT molecular complexity index is 1280. The molecule has 2 aromatic carbocycles. The number of carbonyl (C=O) groups excluding carboxylic acids is 1. The zero-order chi connectivity index (χ0) is 25.3. The molecule has 1 heterocycles. The Balaban J connectivity index is 1.61. The van der Waals surface area contributed by atoms with Crippen LogP contribution in [-0.4, -0.2) is 22.0 Å². The van der Waals surface area contributed by atoms with Crippen LogP contribution in [0.15, 0.2) is 48.7 Å². The highest BCUT2D eigenvalue weighted by molar-refractivity contribution is 6.31. The number of carboxylic acids is 1. The van der Waals surface area contributed by atoms with Crippen LogP contribution in [0.2, 0.25) is 5.02 Å². The summed E-state index contributed by atoms with van der Waals surface area (Å²) in [5, 5.41) is 11.7. The van der Waals surface area contributed by atoms with Crippen molar-refractivity contribution in [3.63, 3.8) is 0 Å². The molecule has 0 bridgehead atoms. The second-order valence-corrected chi connectivity index (χ2v) is 9.06. The maximum absolute atomic E-state index is 14.6. The summed E-state index contributed by atoms with van der Waals surface area (Å²) in [6.45, 7) is 1.64. The number of aromatic carboxylic acids is 1. The lowest BCUT2D eigenvalue weighted by Gasteiger charge is -2.18. The summed E-state index contributed by atoms with van der Waals surface area (Å²) < 4.78 is 41.6. The first kappa shape index (κ1) is 24.7. The van der Waals surface area contributed by atoms with E-state index in [0.29, 0.717) is 29.3 Å². The molecule has 5 nitrogen and oxygen atoms in total. The van der Waals surface area contributed by atoms with Gasteiger partial charge in [-0.05, 0) is 55.2 Å². The summed E-state index contributed by atoms with van der Waals surface area (Å²) in [4.78, 5) is 28.7. The first-order valence-corrected chi connectivity index (χ1v) is 11.4. The lowest BCUT2D eigenvalue weighted by atomic mass is 9.94. The van der Waals surface area contributed by atoms with Crippen LogP contribution in [0.4, 0.5) is 18.9 Å². The number of rotatable bonds is 8. The third-order valence-electron chi connectivity index (χ3n) is 6.10. The number of carboxylic acid groups (broad SMARTS) is 1. The molecular weight excluding hydrogens is 481 g/mol. The predicted molar refractivity (Wildman–Crippen MR) is 126 cm³/mol. The zero-order valence-electron chi connectivity index (χ0n) is 18.7. The number of hydrogen-bond acceptors (Lipinski definition) is 3. The molecule has 0 aliphatic heterocycles. The third kappa shape index (κ3) is 5.48. The van der Waals surface area contributed by atoms with E-state index in [1.165, 1.54) is 30.5 Å². The lowest BCUT2D eigenvalue weighted by molar-refractivity contribution is -0.117. The monoisotopic (exact) mass is 502 g/mol. The molecule has 1 fully saturated rings. The van der Waals surface area contributed by atoms with E-state index < -0.39 is 29.7 Å². The molecule has 35 heavy (non-hydrogen) atoms. The van der Waals surface area contributed by atoms with E-state index in [2.05, 4.69) is 10.3 Å². The number of benzene rings is 2. The van der Waals surface area contributed by atoms with E-state index in [4.69, 9.17) is 11.6 Å². The Hall–Kier alpha value is -3.39. The number of amides is 1. The summed E-state index contributed by atoms with van der Waals surface area (Å²) in [6, 6.07) is 9.70. The molecule has 1 aliphatic carbocycles. The van der Waals surface area contributed by atoms with Gasteiger partial charge in [0, 0.05) is 28.6 Å². The molecule has 1 saturated carbocycles. The quantitative estimate of drug-likeness (QED) is 0.347. The van der Waals surface area contributed by atoms with Gasteiger partial charge in [0.2, 0.25) is 5.91 Å². The summed E-state index contributed by atoms with van der Waals surface area (Å²) in [5.74, 6) is -2.57. The summed E-state index contributed by atoms with van der Waals surface area (Å²) in [6.07, 6.45) is 0.924. The van der Waals surface area contributed by atoms with E-state index in [9.17, 15) is 27.9 Å². The van der Waals surface area contributed by atoms with E-state index >= 15 is 0 Å². The van der Waals surface area contributed by atoms with Gasteiger partial charge in [-0.3, -0.25) is 9.78 Å². The molecule has 1 atom stereocenters. The normalized spacial score (nSPS) is 14.1. The number of nitrogens with zero attached hydrogens (tertiary/aromatic N) is 1. The minimum Gasteiger partial charge on any atom is -0.478 e. The van der Waals surface area contributed by atoms with Gasteiger partial charge in [-0.2, -0.15) is 0 Å². The molecule has 0 saturated heterocycles. The fourth-order valence-corrected chi connectivity index (χ4v) is 4.22. The van der Waals surface area contributed by atoms with Crippen molar-refractivity contribution in [2.75, 3.05) is 5.32 Å². The number of aryl methyl sites for hydroxylation is 1. The SMILES string of the molecule is Cc1cc(NC(=O)C(CC2CC2)c2ccc(-c3c(C(F)F)ccc(Cl)c3F)cn2)ccc1C(=O)O. The molecular formula is C26H22ClF3N2O3. The average Bonchev–Trinajstić information content (AvgIpc) is 3.63. The van der Waals surface area contributed by atoms with Crippen LogP contribution in [0.3, 0.4) is 0 Å². The Morgan fingerprint density at radius 2 is 1.91 bits per heavy atom. The molecule has 1 aromatic heterocycles. The molecule has 0 radical (unpaired) electrons. The molecule has 0 spiro atoms. The van der Waals surface area contributed by atoms with Gasteiger partial charge in [0.05, 0.1) is 22.2 Å². The van der Waals surface area contributed by atoms with Crippen LogP contribution >= 0.6 is 11.6 Å². The topological polar surface area (TPSA) is 79.3 Å². The van der Waals surface area contributed by atoms with E-state index in [1.807, 2.05) is 0 Å². The van der Waals surface area contributed by atoms with Crippen molar-refractivity contribution in [1.29, 1.82) is 0 Å². The Morgan fingerprint density at radius 1 is 1.17 bits per heavy atom. The molecule has 1 aliphatic rings. The zero-order valence-corrected chi connectivity index (χ0v) is 19.5. The highest BCUT2D eigenvalue weighted by atomic mass is 35.5. The van der Waals surface area contributed by atoms with Crippen LogP contribution in [0.25, 0.3) is 11.1 Å². The minimum absolute atomic E-state index is 0.134. The van der Waals surface area contributed by atoms with Crippen molar-refractivity contribution >= 4 is 29.2 Å². The molecule has 3 aromatic rings. The number of carbonyl (C=O) groups is 2. The molecule has 4 rings (SSSR count). The summed E-state index contributed by atoms with van der Waals surface area (Å²) >= 11 is 5.82. The van der Waals surface area contributed by atoms with Gasteiger partial charge in [-0.25, -0.2) is 18.0 Å². The Morgan fingerprint density at radius 3 is 2.49 bits per heavy atom. The first-order chi connectivity index (χ1) is 16.7. The van der Waals surface area contributed by atoms with Crippen LogP contribution in [0.5, 0.6) is 0 Å². The average molecular weight is 503 g/mol. The second-order valence-electron chi connectivity index (χ2n) is 8.65. The van der Waals surface area contributed by atoms with Gasteiger partial charge in [0.25, 0.3) is 6.43 Å². The summed E-state index contributed by atoms with van der Waals surface area (Å²) in [5.41, 5.74) is 0.865. The number of nitrogens with one attached hydrogen (secondary N) is 1. The van der Waals surface area contributed by atoms with E-state index in [1.54, 1.807) is 13.0 Å². The van der Waals surface area contributed by atoms with Gasteiger partial charge in [0.15, 0.2) is 0 Å². The smallest absolute Gasteiger partial charge is 0.335 e. The van der Waals surface area contributed by atoms with Gasteiger partial charge in [-0.1, -0.05) is 36.6 Å². The van der Waals surface area contributed by atoms with Gasteiger partial charge < -0.3 is 10.4 Å². The second kappa shape index (κ2) is 10.1. The van der Waals surface area contributed by atoms with E-state index in [-0.39, 0.29) is 27.6 Å². The van der Waals surface area contributed by atoms with Crippen molar-refractivity contribution < 1.29 is 27.9 Å². The van der Waals surface area contributed by atoms with Crippen molar-refractivity contribution in [3.8, 4) is 11.1 Å². The number of halogens is 4. The number of aromatic nitrogens is 1. The maximum Gasteiger partial charge on any atom is 0.335 e. The maximum atomic E-state index is 14.6. The fraction of sp³-hybridized carbons (Fsp3) is 0.269. The fourth-order valence-electron chi connectivity index (χ4n) is 4.06. The van der Waals surface area contributed by atoms with Crippen molar-refractivity contribution in [2.45, 2.75) is 38.5 Å². The lowest BCUT2D eigenvalue weighted by Crippen LogP contribution is -2.22. The van der Waals surface area contributed by atoms with Gasteiger partial charge in [0.1, 0.15) is 5.82 Å². The van der Waals surface area contributed by atoms with Crippen LogP contribution in [0.1, 0.15) is 58.8 Å². The van der Waals surface area contributed by atoms with Crippen molar-refractivity contribution in [3.05, 3.63) is 81.9 Å². The van der Waals surface area contributed by atoms with Crippen LogP contribution in [-0.2, 0) is 4.79 Å². The predicted octanol–water partition coefficient (Wildman–Crippen LogP) is 7.01. The highest BCUT2D eigenvalue weighted by Gasteiger charge is 2.31. The number of pyridine rings is 1. The van der Waals surface area contributed by atoms with Crippen molar-refractivity contribution in [2.24, 2.45) is 5.92 Å². The molecule has 2 N–H and O–H groups in total. The molecule has 1 amide bonds. The standard InChI is InChI=1S/C26H22ClF3N2O3/c1-13-10-16(5-6-17(13)26(34)35)32-25(33)19(11-14-2-3-14)21-9-4-15(12-31-21)22-18(24(29)30)7-8-20(27)23(22)28/h4-10,12,14,19,24H,2-3,11H2,1H3,(H,32,33)(H,34,35). The van der Waals surface area contributed by atoms with Crippen molar-refractivity contribution in [1.82, 2.24) is 4.98 Å². The molecule has 1 unspecified atom stereocenters. The highest BCUT2D eigenvalue weighted by Crippen LogP contribution is 2.40. The van der Waals surface area contributed by atoms with Gasteiger partial charge >= 0.3 is 5.97 Å². The Kier molecular flexibility index (Phi) is 7.12. The largest absolute Gasteiger partial charge is 0.478 e. The third-order valence-corrected chi connectivity index (χ3v) is 6.39. The van der Waals surface area contributed by atoms with Crippen LogP contribution < -0.4 is 5.32 Å². The molecule has 182 valence electrons. The van der Waals surface area contributed by atoms with E-state index in [0.717, 1.165) is 25.0 Å². The van der Waals surface area contributed by atoms with Gasteiger partial charge in [-0.15, -0.1) is 0 Å². The number of hydrogen-bond donors (Lipinski definition) is 2. The Labute approximate surface area is 205 Å².